The molecule has 120 valence electrons. The van der Waals surface area contributed by atoms with E-state index in [1.54, 1.807) is 0 Å². The van der Waals surface area contributed by atoms with Gasteiger partial charge in [0.2, 0.25) is 0 Å². The van der Waals surface area contributed by atoms with Crippen LogP contribution in [0.5, 0.6) is 0 Å². The molecule has 0 aliphatic carbocycles. The summed E-state index contributed by atoms with van der Waals surface area (Å²) in [5.41, 5.74) is 4.35. The average molecular weight is 432 g/mol. The van der Waals surface area contributed by atoms with E-state index in [0.29, 0.717) is 0 Å². The third-order valence-electron chi connectivity index (χ3n) is 3.09. The first-order valence-corrected chi connectivity index (χ1v) is 6.72. The minimum atomic E-state index is 0. The van der Waals surface area contributed by atoms with Crippen LogP contribution in [0, 0.1) is 6.07 Å². The summed E-state index contributed by atoms with van der Waals surface area (Å²) in [6.07, 6.45) is 0. The first-order chi connectivity index (χ1) is 8.00. The third-order valence-corrected chi connectivity index (χ3v) is 3.09. The van der Waals surface area contributed by atoms with Crippen LogP contribution in [0.2, 0.25) is 0 Å². The summed E-state index contributed by atoms with van der Waals surface area (Å²) in [7, 11) is 4.21. The van der Waals surface area contributed by atoms with Crippen molar-refractivity contribution < 1.29 is 24.8 Å². The number of hydrogen-bond acceptors (Lipinski definition) is 1. The molecule has 0 fully saturated rings. The Morgan fingerprint density at radius 2 is 1.38 bits per heavy atom. The molecule has 0 aromatic heterocycles. The third kappa shape index (κ3) is 8.74. The molecule has 1 nitrogen and oxygen atoms in total. The van der Waals surface area contributed by atoms with Crippen molar-refractivity contribution in [2.24, 2.45) is 0 Å². The molecule has 0 atom stereocenters. The maximum atomic E-state index is 3.59. The fraction of sp³-hybridized carbons (Fsp3) is 0.647. The van der Waals surface area contributed by atoms with E-state index >= 15 is 0 Å². The van der Waals surface area contributed by atoms with Gasteiger partial charge in [0.1, 0.15) is 0 Å². The molecule has 0 N–H and O–H groups in total. The molecule has 1 rings (SSSR count). The molecule has 0 unspecified atom stereocenters. The van der Waals surface area contributed by atoms with Crippen molar-refractivity contribution in [1.29, 1.82) is 0 Å². The van der Waals surface area contributed by atoms with Crippen molar-refractivity contribution in [3.05, 3.63) is 34.9 Å². The first-order valence-electron chi connectivity index (χ1n) is 6.72. The van der Waals surface area contributed by atoms with Crippen molar-refractivity contribution in [3.8, 4) is 0 Å². The zero-order chi connectivity index (χ0) is 14.1. The molecule has 0 spiro atoms. The van der Waals surface area contributed by atoms with Crippen LogP contribution >= 0.6 is 0 Å². The van der Waals surface area contributed by atoms with Gasteiger partial charge in [-0.25, -0.2) is 0 Å². The Balaban J connectivity index is -0.00000108. The second-order valence-electron chi connectivity index (χ2n) is 7.55. The SMILES string of the molecule is CN(C)Cc1[c]c(C(C)(C)C)cc(C(C)(C)C)c1.[Cl-].[Cl-].[In]. The molecule has 1 aromatic rings. The van der Waals surface area contributed by atoms with E-state index in [1.165, 1.54) is 16.7 Å². The molecule has 1 aromatic carbocycles. The smallest absolute Gasteiger partial charge is 0.0234 e. The Morgan fingerprint density at radius 1 is 0.905 bits per heavy atom. The van der Waals surface area contributed by atoms with E-state index < -0.39 is 0 Å². The zero-order valence-corrected chi connectivity index (χ0v) is 19.4. The van der Waals surface area contributed by atoms with Gasteiger partial charge >= 0.3 is 0 Å². The minimum Gasteiger partial charge on any atom is -1.00 e. The maximum absolute atomic E-state index is 3.59. The summed E-state index contributed by atoms with van der Waals surface area (Å²) in [6.45, 7) is 14.5. The Hall–Kier alpha value is 0.630. The summed E-state index contributed by atoms with van der Waals surface area (Å²) in [5.74, 6) is 0. The van der Waals surface area contributed by atoms with Gasteiger partial charge < -0.3 is 29.7 Å². The van der Waals surface area contributed by atoms with Crippen molar-refractivity contribution in [2.75, 3.05) is 14.1 Å². The fourth-order valence-electron chi connectivity index (χ4n) is 1.89. The molecule has 0 aliphatic rings. The Morgan fingerprint density at radius 3 is 1.71 bits per heavy atom. The van der Waals surface area contributed by atoms with Crippen molar-refractivity contribution in [1.82, 2.24) is 4.90 Å². The Bertz CT molecular complexity index is 386. The molecular formula is C17H28Cl2InN-2. The maximum Gasteiger partial charge on any atom is 0.0234 e. The largest absolute Gasteiger partial charge is 1.00 e. The van der Waals surface area contributed by atoms with Crippen molar-refractivity contribution in [3.63, 3.8) is 0 Å². The summed E-state index contributed by atoms with van der Waals surface area (Å²) < 4.78 is 0. The van der Waals surface area contributed by atoms with Crippen LogP contribution in [0.25, 0.3) is 0 Å². The predicted molar refractivity (Wildman–Crippen MR) is 85.8 cm³/mol. The van der Waals surface area contributed by atoms with Gasteiger partial charge in [0.05, 0.1) is 0 Å². The molecule has 4 heteroatoms. The van der Waals surface area contributed by atoms with Gasteiger partial charge in [0.15, 0.2) is 0 Å². The van der Waals surface area contributed by atoms with Gasteiger partial charge in [-0.2, -0.15) is 0 Å². The van der Waals surface area contributed by atoms with Gasteiger partial charge in [0, 0.05) is 32.4 Å². The summed E-state index contributed by atoms with van der Waals surface area (Å²) in [6, 6.07) is 8.21. The van der Waals surface area contributed by atoms with Crippen LogP contribution in [0.4, 0.5) is 0 Å². The summed E-state index contributed by atoms with van der Waals surface area (Å²) >= 11 is 0. The van der Waals surface area contributed by atoms with Crippen LogP contribution in [0.1, 0.15) is 58.2 Å². The summed E-state index contributed by atoms with van der Waals surface area (Å²) in [4.78, 5) is 2.20. The quantitative estimate of drug-likeness (QED) is 0.512. The molecule has 0 heterocycles. The van der Waals surface area contributed by atoms with Crippen LogP contribution in [0.3, 0.4) is 0 Å². The van der Waals surface area contributed by atoms with Crippen LogP contribution in [0.15, 0.2) is 12.1 Å². The van der Waals surface area contributed by atoms with E-state index in [0.717, 1.165) is 6.54 Å². The van der Waals surface area contributed by atoms with E-state index in [-0.39, 0.29) is 61.5 Å². The second-order valence-corrected chi connectivity index (χ2v) is 7.55. The van der Waals surface area contributed by atoms with Gasteiger partial charge in [-0.1, -0.05) is 53.7 Å². The number of benzene rings is 1. The normalized spacial score (nSPS) is 11.3. The topological polar surface area (TPSA) is 3.24 Å². The standard InChI is InChI=1S/C17H28N.2ClH.In/c1-16(2,3)14-9-13(12-18(7)8)10-15(11-14)17(4,5)6;;;/h9,11H,12H2,1-8H3;2*1H;/p-2. The zero-order valence-electron chi connectivity index (χ0n) is 14.6. The van der Waals surface area contributed by atoms with E-state index in [1.807, 2.05) is 0 Å². The number of nitrogens with zero attached hydrogens (tertiary/aromatic N) is 1. The first kappa shape index (κ1) is 26.5. The van der Waals surface area contributed by atoms with E-state index in [4.69, 9.17) is 0 Å². The predicted octanol–water partition coefficient (Wildman–Crippen LogP) is -2.23. The molecule has 0 aliphatic heterocycles. The van der Waals surface area contributed by atoms with E-state index in [2.05, 4.69) is 78.7 Å². The van der Waals surface area contributed by atoms with Gasteiger partial charge in [-0.15, -0.1) is 0 Å². The molecule has 4 radical (unpaired) electrons. The molecule has 0 saturated heterocycles. The van der Waals surface area contributed by atoms with Crippen LogP contribution in [-0.4, -0.2) is 44.8 Å². The summed E-state index contributed by atoms with van der Waals surface area (Å²) in [5, 5.41) is 0. The number of hydrogen-bond donors (Lipinski definition) is 0. The van der Waals surface area contributed by atoms with Crippen molar-refractivity contribution >= 4 is 25.8 Å². The molecule has 0 amide bonds. The van der Waals surface area contributed by atoms with Crippen molar-refractivity contribution in [2.45, 2.75) is 58.9 Å². The van der Waals surface area contributed by atoms with Crippen LogP contribution < -0.4 is 24.8 Å². The minimum absolute atomic E-state index is 0. The average Bonchev–Trinajstić information content (AvgIpc) is 2.13. The monoisotopic (exact) mass is 431 g/mol. The Labute approximate surface area is 162 Å². The Kier molecular flexibility index (Phi) is 12.2. The van der Waals surface area contributed by atoms with E-state index in [9.17, 15) is 0 Å². The number of halogens is 2. The van der Waals surface area contributed by atoms with Gasteiger partial charge in [-0.3, -0.25) is 0 Å². The second kappa shape index (κ2) is 9.70. The molecule has 0 saturated carbocycles. The van der Waals surface area contributed by atoms with Crippen LogP contribution in [-0.2, 0) is 17.4 Å². The van der Waals surface area contributed by atoms with Gasteiger partial charge in [0.25, 0.3) is 0 Å². The van der Waals surface area contributed by atoms with Gasteiger partial charge in [-0.05, 0) is 47.7 Å². The fourth-order valence-corrected chi connectivity index (χ4v) is 1.89. The molecular weight excluding hydrogens is 404 g/mol. The molecule has 21 heavy (non-hydrogen) atoms. The molecule has 0 bridgehead atoms. The number of rotatable bonds is 2.